The van der Waals surface area contributed by atoms with Crippen LogP contribution in [0.5, 0.6) is 5.75 Å². The summed E-state index contributed by atoms with van der Waals surface area (Å²) < 4.78 is 8.55. The number of nitrogens with zero attached hydrogens (tertiary/aromatic N) is 3. The van der Waals surface area contributed by atoms with E-state index in [2.05, 4.69) is 32.0 Å². The summed E-state index contributed by atoms with van der Waals surface area (Å²) in [6, 6.07) is 21.7. The number of imidazole rings is 1. The Kier molecular flexibility index (Phi) is 5.62. The molecule has 33 heavy (non-hydrogen) atoms. The minimum atomic E-state index is -0.195. The van der Waals surface area contributed by atoms with Crippen LogP contribution in [-0.2, 0) is 6.54 Å². The van der Waals surface area contributed by atoms with Crippen molar-refractivity contribution in [2.45, 2.75) is 13.5 Å². The summed E-state index contributed by atoms with van der Waals surface area (Å²) >= 11 is 1.45. The monoisotopic (exact) mass is 454 g/mol. The first-order valence-electron chi connectivity index (χ1n) is 10.5. The highest BCUT2D eigenvalue weighted by atomic mass is 32.1. The van der Waals surface area contributed by atoms with Gasteiger partial charge in [0, 0.05) is 30.1 Å². The van der Waals surface area contributed by atoms with Crippen LogP contribution in [0.4, 0.5) is 5.13 Å². The van der Waals surface area contributed by atoms with Crippen molar-refractivity contribution in [2.75, 3.05) is 12.4 Å². The van der Waals surface area contributed by atoms with E-state index in [9.17, 15) is 4.79 Å². The van der Waals surface area contributed by atoms with Crippen LogP contribution in [-0.4, -0.2) is 27.6 Å². The first-order chi connectivity index (χ1) is 16.1. The largest absolute Gasteiger partial charge is 0.494 e. The molecule has 2 aromatic heterocycles. The number of anilines is 1. The zero-order chi connectivity index (χ0) is 22.8. The Balaban J connectivity index is 1.39. The molecule has 0 spiro atoms. The van der Waals surface area contributed by atoms with Gasteiger partial charge in [-0.3, -0.25) is 10.1 Å². The molecule has 0 aliphatic heterocycles. The number of rotatable bonds is 6. The summed E-state index contributed by atoms with van der Waals surface area (Å²) in [5, 5.41) is 3.49. The zero-order valence-corrected chi connectivity index (χ0v) is 19.1. The van der Waals surface area contributed by atoms with Crippen molar-refractivity contribution < 1.29 is 9.53 Å². The van der Waals surface area contributed by atoms with E-state index in [1.807, 2.05) is 67.7 Å². The number of aryl methyl sites for hydroxylation is 1. The van der Waals surface area contributed by atoms with Gasteiger partial charge in [-0.15, -0.1) is 0 Å². The molecule has 0 saturated heterocycles. The molecule has 6 nitrogen and oxygen atoms in total. The Labute approximate surface area is 195 Å². The number of methoxy groups -OCH3 is 1. The zero-order valence-electron chi connectivity index (χ0n) is 18.3. The highest BCUT2D eigenvalue weighted by molar-refractivity contribution is 7.23. The summed E-state index contributed by atoms with van der Waals surface area (Å²) in [4.78, 5) is 21.8. The quantitative estimate of drug-likeness (QED) is 0.353. The highest BCUT2D eigenvalue weighted by Gasteiger charge is 2.16. The SMILES string of the molecule is COc1ccc(-c2ccccc2)c2sc(NC(=O)c3ccc(Cn4ccnc4C)cc3)nc12. The molecule has 0 saturated carbocycles. The minimum Gasteiger partial charge on any atom is -0.494 e. The number of carbonyl (C=O) groups excluding carboxylic acids is 1. The second-order valence-corrected chi connectivity index (χ2v) is 8.63. The lowest BCUT2D eigenvalue weighted by Crippen LogP contribution is -2.11. The van der Waals surface area contributed by atoms with Crippen LogP contribution >= 0.6 is 11.3 Å². The maximum absolute atomic E-state index is 12.9. The molecule has 0 atom stereocenters. The van der Waals surface area contributed by atoms with Crippen LogP contribution in [0.1, 0.15) is 21.7 Å². The van der Waals surface area contributed by atoms with Crippen molar-refractivity contribution in [1.29, 1.82) is 0 Å². The summed E-state index contributed by atoms with van der Waals surface area (Å²) in [6.07, 6.45) is 3.73. The number of carbonyl (C=O) groups is 1. The lowest BCUT2D eigenvalue weighted by molar-refractivity contribution is 0.102. The van der Waals surface area contributed by atoms with E-state index in [4.69, 9.17) is 4.74 Å². The molecule has 0 aliphatic rings. The number of hydrogen-bond donors (Lipinski definition) is 1. The van der Waals surface area contributed by atoms with E-state index in [1.54, 1.807) is 13.3 Å². The number of benzene rings is 3. The fraction of sp³-hybridized carbons (Fsp3) is 0.115. The molecule has 1 amide bonds. The molecular formula is C26H22N4O2S. The number of ether oxygens (including phenoxy) is 1. The molecule has 0 bridgehead atoms. The highest BCUT2D eigenvalue weighted by Crippen LogP contribution is 2.39. The van der Waals surface area contributed by atoms with Crippen LogP contribution in [0, 0.1) is 6.92 Å². The van der Waals surface area contributed by atoms with E-state index in [1.165, 1.54) is 11.3 Å². The molecule has 0 aliphatic carbocycles. The fourth-order valence-electron chi connectivity index (χ4n) is 3.74. The van der Waals surface area contributed by atoms with Crippen LogP contribution in [0.25, 0.3) is 21.3 Å². The summed E-state index contributed by atoms with van der Waals surface area (Å²) in [5.74, 6) is 1.44. The fourth-order valence-corrected chi connectivity index (χ4v) is 4.76. The molecule has 5 aromatic rings. The first-order valence-corrected chi connectivity index (χ1v) is 11.3. The van der Waals surface area contributed by atoms with E-state index < -0.39 is 0 Å². The third kappa shape index (κ3) is 4.23. The van der Waals surface area contributed by atoms with E-state index in [0.29, 0.717) is 23.0 Å². The van der Waals surface area contributed by atoms with Crippen molar-refractivity contribution in [3.8, 4) is 16.9 Å². The second-order valence-electron chi connectivity index (χ2n) is 7.63. The second kappa shape index (κ2) is 8.88. The van der Waals surface area contributed by atoms with E-state index >= 15 is 0 Å². The normalized spacial score (nSPS) is 11.0. The summed E-state index contributed by atoms with van der Waals surface area (Å²) in [7, 11) is 1.63. The Morgan fingerprint density at radius 3 is 2.55 bits per heavy atom. The molecule has 7 heteroatoms. The van der Waals surface area contributed by atoms with Crippen molar-refractivity contribution in [3.05, 3.63) is 96.1 Å². The van der Waals surface area contributed by atoms with E-state index in [0.717, 1.165) is 32.7 Å². The average Bonchev–Trinajstić information content (AvgIpc) is 3.45. The summed E-state index contributed by atoms with van der Waals surface area (Å²) in [5.41, 5.74) is 4.57. The topological polar surface area (TPSA) is 69.0 Å². The van der Waals surface area contributed by atoms with Gasteiger partial charge in [-0.25, -0.2) is 9.97 Å². The standard InChI is InChI=1S/C26H22N4O2S/c1-17-27-14-15-30(17)16-18-8-10-20(11-9-18)25(31)29-26-28-23-22(32-2)13-12-21(24(23)33-26)19-6-4-3-5-7-19/h3-15H,16H2,1-2H3,(H,28,29,31). The van der Waals surface area contributed by atoms with Gasteiger partial charge < -0.3 is 9.30 Å². The number of fused-ring (bicyclic) bond motifs is 1. The smallest absolute Gasteiger partial charge is 0.257 e. The molecule has 164 valence electrons. The van der Waals surface area contributed by atoms with E-state index in [-0.39, 0.29) is 5.91 Å². The van der Waals surface area contributed by atoms with Gasteiger partial charge in [0.05, 0.1) is 11.8 Å². The van der Waals surface area contributed by atoms with Crippen molar-refractivity contribution in [3.63, 3.8) is 0 Å². The Morgan fingerprint density at radius 1 is 1.06 bits per heavy atom. The van der Waals surface area contributed by atoms with Crippen LogP contribution in [0.3, 0.4) is 0 Å². The number of amides is 1. The first kappa shape index (κ1) is 20.9. The van der Waals surface area contributed by atoms with Crippen molar-refractivity contribution in [2.24, 2.45) is 0 Å². The van der Waals surface area contributed by atoms with Crippen molar-refractivity contribution >= 4 is 32.6 Å². The maximum atomic E-state index is 12.9. The number of aromatic nitrogens is 3. The predicted molar refractivity (Wildman–Crippen MR) is 132 cm³/mol. The van der Waals surface area contributed by atoms with Crippen LogP contribution in [0.15, 0.2) is 79.1 Å². The van der Waals surface area contributed by atoms with Gasteiger partial charge in [0.15, 0.2) is 5.13 Å². The number of thiazole rings is 1. The Bertz CT molecular complexity index is 1420. The van der Waals surface area contributed by atoms with Gasteiger partial charge in [-0.2, -0.15) is 0 Å². The van der Waals surface area contributed by atoms with Crippen LogP contribution in [0.2, 0.25) is 0 Å². The molecule has 5 rings (SSSR count). The van der Waals surface area contributed by atoms with Gasteiger partial charge >= 0.3 is 0 Å². The third-order valence-corrected chi connectivity index (χ3v) is 6.53. The Hall–Kier alpha value is -3.97. The predicted octanol–water partition coefficient (Wildman–Crippen LogP) is 5.78. The van der Waals surface area contributed by atoms with Crippen molar-refractivity contribution in [1.82, 2.24) is 14.5 Å². The molecule has 0 fully saturated rings. The Morgan fingerprint density at radius 2 is 1.85 bits per heavy atom. The van der Waals surface area contributed by atoms with Gasteiger partial charge in [-0.05, 0) is 42.3 Å². The maximum Gasteiger partial charge on any atom is 0.257 e. The lowest BCUT2D eigenvalue weighted by atomic mass is 10.1. The third-order valence-electron chi connectivity index (χ3n) is 5.52. The van der Waals surface area contributed by atoms with Gasteiger partial charge in [0.1, 0.15) is 17.1 Å². The van der Waals surface area contributed by atoms with Gasteiger partial charge in [-0.1, -0.05) is 53.8 Å². The van der Waals surface area contributed by atoms with Gasteiger partial charge in [0.2, 0.25) is 0 Å². The average molecular weight is 455 g/mol. The molecule has 0 radical (unpaired) electrons. The molecule has 0 unspecified atom stereocenters. The molecule has 3 aromatic carbocycles. The molecule has 1 N–H and O–H groups in total. The van der Waals surface area contributed by atoms with Gasteiger partial charge in [0.25, 0.3) is 5.91 Å². The lowest BCUT2D eigenvalue weighted by Gasteiger charge is -2.06. The van der Waals surface area contributed by atoms with Crippen LogP contribution < -0.4 is 10.1 Å². The molecular weight excluding hydrogens is 432 g/mol. The minimum absolute atomic E-state index is 0.195. The number of hydrogen-bond acceptors (Lipinski definition) is 5. The number of nitrogens with one attached hydrogen (secondary N) is 1. The summed E-state index contributed by atoms with van der Waals surface area (Å²) in [6.45, 7) is 2.69. The molecule has 2 heterocycles.